The molecule has 2 aromatic carbocycles. The summed E-state index contributed by atoms with van der Waals surface area (Å²) < 4.78 is 17.0. The predicted molar refractivity (Wildman–Crippen MR) is 89.0 cm³/mol. The van der Waals surface area contributed by atoms with Gasteiger partial charge >= 0.3 is 0 Å². The van der Waals surface area contributed by atoms with Crippen molar-refractivity contribution in [3.05, 3.63) is 34.9 Å². The highest BCUT2D eigenvalue weighted by molar-refractivity contribution is 5.88. The standard InChI is InChI=1S/C19H19NO4/c1-20-6-5-11-8-14-19(24-9-23-14)17-15(11)12(20)7-10-3-4-13(21)18(22-2)16(10)17/h3-4,8,12,21H,5-7,9H2,1-2H3/t12-/m1/s1. The molecule has 24 heavy (non-hydrogen) atoms. The van der Waals surface area contributed by atoms with E-state index in [2.05, 4.69) is 18.0 Å². The van der Waals surface area contributed by atoms with Gasteiger partial charge in [0, 0.05) is 23.7 Å². The van der Waals surface area contributed by atoms with Crippen LogP contribution in [0, 0.1) is 0 Å². The molecule has 0 aromatic heterocycles. The van der Waals surface area contributed by atoms with Gasteiger partial charge in [-0.05, 0) is 48.7 Å². The van der Waals surface area contributed by atoms with Gasteiger partial charge in [-0.25, -0.2) is 0 Å². The van der Waals surface area contributed by atoms with Gasteiger partial charge in [-0.2, -0.15) is 0 Å². The number of hydrogen-bond acceptors (Lipinski definition) is 5. The summed E-state index contributed by atoms with van der Waals surface area (Å²) >= 11 is 0. The molecular weight excluding hydrogens is 306 g/mol. The number of phenolic OH excluding ortho intramolecular Hbond substituents is 1. The van der Waals surface area contributed by atoms with E-state index in [1.165, 1.54) is 16.7 Å². The number of fused-ring (bicyclic) bond motifs is 4. The summed E-state index contributed by atoms with van der Waals surface area (Å²) in [6.07, 6.45) is 1.89. The summed E-state index contributed by atoms with van der Waals surface area (Å²) in [5.74, 6) is 2.25. The zero-order valence-corrected chi connectivity index (χ0v) is 13.8. The number of nitrogens with zero attached hydrogens (tertiary/aromatic N) is 1. The molecule has 5 heteroatoms. The summed E-state index contributed by atoms with van der Waals surface area (Å²) in [5, 5.41) is 10.3. The summed E-state index contributed by atoms with van der Waals surface area (Å²) in [7, 11) is 3.77. The molecule has 2 aromatic rings. The number of aromatic hydroxyl groups is 1. The van der Waals surface area contributed by atoms with Crippen LogP contribution in [0.3, 0.4) is 0 Å². The van der Waals surface area contributed by atoms with E-state index in [4.69, 9.17) is 14.2 Å². The second kappa shape index (κ2) is 4.80. The number of likely N-dealkylation sites (N-methyl/N-ethyl adjacent to an activating group) is 1. The number of methoxy groups -OCH3 is 1. The van der Waals surface area contributed by atoms with Gasteiger partial charge in [-0.3, -0.25) is 4.90 Å². The number of phenols is 1. The highest BCUT2D eigenvalue weighted by atomic mass is 16.7. The minimum Gasteiger partial charge on any atom is -0.504 e. The quantitative estimate of drug-likeness (QED) is 0.874. The molecule has 0 fully saturated rings. The predicted octanol–water partition coefficient (Wildman–Crippen LogP) is 2.88. The monoisotopic (exact) mass is 325 g/mol. The molecule has 1 aliphatic carbocycles. The first-order chi connectivity index (χ1) is 11.7. The Balaban J connectivity index is 1.90. The minimum absolute atomic E-state index is 0.157. The summed E-state index contributed by atoms with van der Waals surface area (Å²) in [6, 6.07) is 6.15. The van der Waals surface area contributed by atoms with Crippen molar-refractivity contribution in [1.82, 2.24) is 4.90 Å². The first-order valence-corrected chi connectivity index (χ1v) is 8.24. The minimum atomic E-state index is 0.157. The lowest BCUT2D eigenvalue weighted by Crippen LogP contribution is -2.35. The maximum absolute atomic E-state index is 10.3. The van der Waals surface area contributed by atoms with E-state index in [9.17, 15) is 5.11 Å². The van der Waals surface area contributed by atoms with Crippen LogP contribution in [0.5, 0.6) is 23.0 Å². The highest BCUT2D eigenvalue weighted by Gasteiger charge is 2.39. The fourth-order valence-corrected chi connectivity index (χ4v) is 4.35. The summed E-state index contributed by atoms with van der Waals surface area (Å²) in [4.78, 5) is 2.40. The highest BCUT2D eigenvalue weighted by Crippen LogP contribution is 2.57. The van der Waals surface area contributed by atoms with Crippen LogP contribution in [0.4, 0.5) is 0 Å². The molecule has 0 unspecified atom stereocenters. The van der Waals surface area contributed by atoms with Gasteiger partial charge in [0.15, 0.2) is 23.0 Å². The molecule has 0 radical (unpaired) electrons. The zero-order valence-electron chi connectivity index (χ0n) is 13.8. The lowest BCUT2D eigenvalue weighted by Gasteiger charge is -2.40. The average molecular weight is 325 g/mol. The van der Waals surface area contributed by atoms with Crippen molar-refractivity contribution in [2.45, 2.75) is 18.9 Å². The molecule has 0 spiro atoms. The molecule has 124 valence electrons. The van der Waals surface area contributed by atoms with E-state index in [0.717, 1.165) is 42.0 Å². The van der Waals surface area contributed by atoms with E-state index in [1.54, 1.807) is 13.2 Å². The van der Waals surface area contributed by atoms with E-state index in [-0.39, 0.29) is 12.5 Å². The average Bonchev–Trinajstić information content (AvgIpc) is 3.06. The van der Waals surface area contributed by atoms with Crippen molar-refractivity contribution in [2.24, 2.45) is 0 Å². The fourth-order valence-electron chi connectivity index (χ4n) is 4.35. The van der Waals surface area contributed by atoms with Crippen LogP contribution >= 0.6 is 0 Å². The molecular formula is C19H19NO4. The third kappa shape index (κ3) is 1.68. The third-order valence-electron chi connectivity index (χ3n) is 5.48. The zero-order chi connectivity index (χ0) is 16.4. The van der Waals surface area contributed by atoms with Crippen LogP contribution in [0.2, 0.25) is 0 Å². The Morgan fingerprint density at radius 1 is 1.21 bits per heavy atom. The van der Waals surface area contributed by atoms with Crippen LogP contribution in [0.15, 0.2) is 18.2 Å². The number of benzene rings is 2. The molecule has 0 bridgehead atoms. The molecule has 0 saturated heterocycles. The lowest BCUT2D eigenvalue weighted by atomic mass is 9.76. The molecule has 1 atom stereocenters. The first kappa shape index (κ1) is 14.0. The van der Waals surface area contributed by atoms with Crippen LogP contribution in [-0.4, -0.2) is 37.5 Å². The first-order valence-electron chi connectivity index (χ1n) is 8.24. The van der Waals surface area contributed by atoms with E-state index >= 15 is 0 Å². The van der Waals surface area contributed by atoms with Crippen LogP contribution in [0.25, 0.3) is 11.1 Å². The summed E-state index contributed by atoms with van der Waals surface area (Å²) in [5.41, 5.74) is 5.76. The van der Waals surface area contributed by atoms with E-state index in [1.807, 2.05) is 6.07 Å². The van der Waals surface area contributed by atoms with Crippen molar-refractivity contribution >= 4 is 0 Å². The number of rotatable bonds is 1. The van der Waals surface area contributed by atoms with Gasteiger partial charge in [-0.15, -0.1) is 0 Å². The van der Waals surface area contributed by atoms with Crippen molar-refractivity contribution < 1.29 is 19.3 Å². The molecule has 2 heterocycles. The topological polar surface area (TPSA) is 51.2 Å². The lowest BCUT2D eigenvalue weighted by molar-refractivity contribution is 0.174. The Morgan fingerprint density at radius 2 is 2.08 bits per heavy atom. The van der Waals surface area contributed by atoms with E-state index < -0.39 is 0 Å². The van der Waals surface area contributed by atoms with Gasteiger partial charge < -0.3 is 19.3 Å². The SMILES string of the molecule is COc1c(O)ccc2c1-c1c3c(cc4c1[C@@H](C2)N(C)CC4)OCO3. The molecule has 1 N–H and O–H groups in total. The van der Waals surface area contributed by atoms with E-state index in [0.29, 0.717) is 11.8 Å². The Labute approximate surface area is 140 Å². The van der Waals surface area contributed by atoms with Gasteiger partial charge in [0.1, 0.15) is 0 Å². The van der Waals surface area contributed by atoms with Crippen molar-refractivity contribution in [2.75, 3.05) is 27.5 Å². The van der Waals surface area contributed by atoms with Gasteiger partial charge in [0.05, 0.1) is 7.11 Å². The largest absolute Gasteiger partial charge is 0.504 e. The van der Waals surface area contributed by atoms with Crippen LogP contribution in [-0.2, 0) is 12.8 Å². The maximum atomic E-state index is 10.3. The van der Waals surface area contributed by atoms with Crippen molar-refractivity contribution in [1.29, 1.82) is 0 Å². The van der Waals surface area contributed by atoms with Gasteiger partial charge in [0.2, 0.25) is 6.79 Å². The summed E-state index contributed by atoms with van der Waals surface area (Å²) in [6.45, 7) is 1.27. The Morgan fingerprint density at radius 3 is 2.92 bits per heavy atom. The number of ether oxygens (including phenoxy) is 3. The Hall–Kier alpha value is -2.40. The number of hydrogen-bond donors (Lipinski definition) is 1. The van der Waals surface area contributed by atoms with Crippen LogP contribution in [0.1, 0.15) is 22.7 Å². The fraction of sp³-hybridized carbons (Fsp3) is 0.368. The van der Waals surface area contributed by atoms with Gasteiger partial charge in [-0.1, -0.05) is 6.07 Å². The third-order valence-corrected chi connectivity index (χ3v) is 5.48. The molecule has 5 nitrogen and oxygen atoms in total. The van der Waals surface area contributed by atoms with Gasteiger partial charge in [0.25, 0.3) is 0 Å². The molecule has 0 saturated carbocycles. The maximum Gasteiger partial charge on any atom is 0.231 e. The molecule has 3 aliphatic rings. The Kier molecular flexibility index (Phi) is 2.80. The van der Waals surface area contributed by atoms with Crippen molar-refractivity contribution in [3.63, 3.8) is 0 Å². The Bertz CT molecular complexity index is 861. The van der Waals surface area contributed by atoms with Crippen molar-refractivity contribution in [3.8, 4) is 34.1 Å². The molecule has 0 amide bonds. The second-order valence-electron chi connectivity index (χ2n) is 6.66. The molecule has 2 aliphatic heterocycles. The smallest absolute Gasteiger partial charge is 0.231 e. The molecule has 5 rings (SSSR count). The van der Waals surface area contributed by atoms with Crippen LogP contribution < -0.4 is 14.2 Å². The normalized spacial score (nSPS) is 20.5. The second-order valence-corrected chi connectivity index (χ2v) is 6.66.